The van der Waals surface area contributed by atoms with E-state index >= 15 is 0 Å². The molecule has 25 heavy (non-hydrogen) atoms. The van der Waals surface area contributed by atoms with Crippen LogP contribution in [0.1, 0.15) is 29.8 Å². The maximum Gasteiger partial charge on any atom is 0.241 e. The van der Waals surface area contributed by atoms with Gasteiger partial charge in [0.1, 0.15) is 5.75 Å². The molecule has 2 rings (SSSR count). The Hall–Kier alpha value is -2.66. The van der Waals surface area contributed by atoms with Crippen molar-refractivity contribution in [3.63, 3.8) is 0 Å². The van der Waals surface area contributed by atoms with Crippen molar-refractivity contribution in [2.75, 3.05) is 19.5 Å². The molecule has 0 aromatic heterocycles. The van der Waals surface area contributed by atoms with Gasteiger partial charge in [0.05, 0.1) is 13.2 Å². The van der Waals surface area contributed by atoms with Crippen molar-refractivity contribution in [3.05, 3.63) is 59.7 Å². The van der Waals surface area contributed by atoms with Gasteiger partial charge in [0.25, 0.3) is 0 Å². The Morgan fingerprint density at radius 1 is 1.16 bits per heavy atom. The van der Waals surface area contributed by atoms with Gasteiger partial charge in [-0.05, 0) is 62.9 Å². The summed E-state index contributed by atoms with van der Waals surface area (Å²) < 4.78 is 5.23. The molecule has 0 saturated heterocycles. The first kappa shape index (κ1) is 18.7. The Labute approximate surface area is 148 Å². The number of nitrogens with zero attached hydrogens (tertiary/aromatic N) is 1. The van der Waals surface area contributed by atoms with Crippen LogP contribution in [-0.4, -0.2) is 36.8 Å². The van der Waals surface area contributed by atoms with Crippen molar-refractivity contribution in [3.8, 4) is 5.75 Å². The van der Waals surface area contributed by atoms with E-state index in [0.717, 1.165) is 11.3 Å². The molecule has 0 spiro atoms. The average molecular weight is 340 g/mol. The standard InChI is InChI=1S/C20H24N2O3/c1-14(22(3)13-16-6-5-7-19(12-16)25-4)20(24)21-18-10-8-17(9-11-18)15(2)23/h5-12,14H,13H2,1-4H3,(H,21,24)/t14-/m0/s1. The zero-order valence-electron chi connectivity index (χ0n) is 15.1. The number of ether oxygens (including phenoxy) is 1. The van der Waals surface area contributed by atoms with Crippen LogP contribution in [0.5, 0.6) is 5.75 Å². The van der Waals surface area contributed by atoms with Crippen LogP contribution in [0.15, 0.2) is 48.5 Å². The van der Waals surface area contributed by atoms with Crippen LogP contribution in [0.3, 0.4) is 0 Å². The Morgan fingerprint density at radius 3 is 2.44 bits per heavy atom. The van der Waals surface area contributed by atoms with Crippen LogP contribution < -0.4 is 10.1 Å². The Morgan fingerprint density at radius 2 is 1.84 bits per heavy atom. The molecule has 0 radical (unpaired) electrons. The van der Waals surface area contributed by atoms with E-state index in [1.807, 2.05) is 43.1 Å². The molecular weight excluding hydrogens is 316 g/mol. The third-order valence-corrected chi connectivity index (χ3v) is 4.17. The molecule has 0 heterocycles. The first-order chi connectivity index (χ1) is 11.9. The predicted molar refractivity (Wildman–Crippen MR) is 99.0 cm³/mol. The van der Waals surface area contributed by atoms with Crippen molar-refractivity contribution in [1.82, 2.24) is 4.90 Å². The van der Waals surface area contributed by atoms with Gasteiger partial charge in [-0.25, -0.2) is 0 Å². The molecular formula is C20H24N2O3. The Bertz CT molecular complexity index is 741. The van der Waals surface area contributed by atoms with Crippen molar-refractivity contribution in [2.45, 2.75) is 26.4 Å². The maximum atomic E-state index is 12.4. The minimum atomic E-state index is -0.307. The summed E-state index contributed by atoms with van der Waals surface area (Å²) in [6.45, 7) is 4.01. The lowest BCUT2D eigenvalue weighted by molar-refractivity contribution is -0.120. The van der Waals surface area contributed by atoms with E-state index in [1.165, 1.54) is 6.92 Å². The number of likely N-dealkylation sites (N-methyl/N-ethyl adjacent to an activating group) is 1. The second-order valence-corrected chi connectivity index (χ2v) is 6.07. The molecule has 0 aliphatic heterocycles. The van der Waals surface area contributed by atoms with E-state index in [9.17, 15) is 9.59 Å². The fraction of sp³-hybridized carbons (Fsp3) is 0.300. The number of carbonyl (C=O) groups excluding carboxylic acids is 2. The monoisotopic (exact) mass is 340 g/mol. The average Bonchev–Trinajstić information content (AvgIpc) is 2.61. The number of rotatable bonds is 7. The van der Waals surface area contributed by atoms with E-state index in [1.54, 1.807) is 31.4 Å². The Kier molecular flexibility index (Phi) is 6.31. The van der Waals surface area contributed by atoms with Crippen LogP contribution in [0.2, 0.25) is 0 Å². The van der Waals surface area contributed by atoms with Crippen molar-refractivity contribution in [1.29, 1.82) is 0 Å². The van der Waals surface area contributed by atoms with Gasteiger partial charge in [-0.1, -0.05) is 12.1 Å². The van der Waals surface area contributed by atoms with Gasteiger partial charge in [0.15, 0.2) is 5.78 Å². The van der Waals surface area contributed by atoms with E-state index < -0.39 is 0 Å². The van der Waals surface area contributed by atoms with Crippen molar-refractivity contribution < 1.29 is 14.3 Å². The highest BCUT2D eigenvalue weighted by Gasteiger charge is 2.18. The third kappa shape index (κ3) is 5.16. The quantitative estimate of drug-likeness (QED) is 0.785. The zero-order valence-corrected chi connectivity index (χ0v) is 15.1. The van der Waals surface area contributed by atoms with Gasteiger partial charge in [-0.3, -0.25) is 14.5 Å². The molecule has 0 bridgehead atoms. The largest absolute Gasteiger partial charge is 0.497 e. The van der Waals surface area contributed by atoms with E-state index in [4.69, 9.17) is 4.74 Å². The summed E-state index contributed by atoms with van der Waals surface area (Å²) in [4.78, 5) is 25.7. The number of Topliss-reactive ketones (excluding diaryl/α,β-unsaturated/α-hetero) is 1. The van der Waals surface area contributed by atoms with Crippen LogP contribution >= 0.6 is 0 Å². The molecule has 5 nitrogen and oxygen atoms in total. The van der Waals surface area contributed by atoms with Crippen LogP contribution in [0, 0.1) is 0 Å². The van der Waals surface area contributed by atoms with E-state index in [2.05, 4.69) is 5.32 Å². The fourth-order valence-electron chi connectivity index (χ4n) is 2.43. The zero-order chi connectivity index (χ0) is 18.4. The lowest BCUT2D eigenvalue weighted by Gasteiger charge is -2.24. The second kappa shape index (κ2) is 8.44. The van der Waals surface area contributed by atoms with Gasteiger partial charge in [0.2, 0.25) is 5.91 Å². The number of amides is 1. The molecule has 2 aromatic rings. The van der Waals surface area contributed by atoms with Crippen molar-refractivity contribution in [2.24, 2.45) is 0 Å². The number of carbonyl (C=O) groups is 2. The number of methoxy groups -OCH3 is 1. The summed E-state index contributed by atoms with van der Waals surface area (Å²) in [5.41, 5.74) is 2.38. The van der Waals surface area contributed by atoms with Crippen LogP contribution in [0.4, 0.5) is 5.69 Å². The second-order valence-electron chi connectivity index (χ2n) is 6.07. The number of hydrogen-bond acceptors (Lipinski definition) is 4. The smallest absolute Gasteiger partial charge is 0.241 e. The summed E-state index contributed by atoms with van der Waals surface area (Å²) in [6.07, 6.45) is 0. The highest BCUT2D eigenvalue weighted by Crippen LogP contribution is 2.16. The van der Waals surface area contributed by atoms with E-state index in [0.29, 0.717) is 17.8 Å². The van der Waals surface area contributed by atoms with E-state index in [-0.39, 0.29) is 17.7 Å². The predicted octanol–water partition coefficient (Wildman–Crippen LogP) is 3.36. The van der Waals surface area contributed by atoms with Crippen LogP contribution in [-0.2, 0) is 11.3 Å². The molecule has 132 valence electrons. The summed E-state index contributed by atoms with van der Waals surface area (Å²) >= 11 is 0. The molecule has 0 aliphatic rings. The highest BCUT2D eigenvalue weighted by molar-refractivity contribution is 5.96. The lowest BCUT2D eigenvalue weighted by Crippen LogP contribution is -2.39. The highest BCUT2D eigenvalue weighted by atomic mass is 16.5. The topological polar surface area (TPSA) is 58.6 Å². The molecule has 2 aromatic carbocycles. The molecule has 5 heteroatoms. The van der Waals surface area contributed by atoms with Crippen LogP contribution in [0.25, 0.3) is 0 Å². The maximum absolute atomic E-state index is 12.4. The molecule has 1 amide bonds. The molecule has 1 atom stereocenters. The molecule has 1 N–H and O–H groups in total. The Balaban J connectivity index is 1.97. The van der Waals surface area contributed by atoms with Gasteiger partial charge in [0, 0.05) is 17.8 Å². The summed E-state index contributed by atoms with van der Waals surface area (Å²) in [5, 5.41) is 2.88. The lowest BCUT2D eigenvalue weighted by atomic mass is 10.1. The number of anilines is 1. The molecule has 0 saturated carbocycles. The minimum absolute atomic E-state index is 0.00395. The first-order valence-electron chi connectivity index (χ1n) is 8.15. The number of benzene rings is 2. The molecule has 0 fully saturated rings. The van der Waals surface area contributed by atoms with Gasteiger partial charge < -0.3 is 10.1 Å². The van der Waals surface area contributed by atoms with Gasteiger partial charge in [-0.2, -0.15) is 0 Å². The molecule has 0 unspecified atom stereocenters. The summed E-state index contributed by atoms with van der Waals surface area (Å²) in [5.74, 6) is 0.707. The van der Waals surface area contributed by atoms with Gasteiger partial charge >= 0.3 is 0 Å². The SMILES string of the molecule is COc1cccc(CN(C)[C@@H](C)C(=O)Nc2ccc(C(C)=O)cc2)c1. The normalized spacial score (nSPS) is 11.9. The third-order valence-electron chi connectivity index (χ3n) is 4.17. The molecule has 0 aliphatic carbocycles. The van der Waals surface area contributed by atoms with Crippen molar-refractivity contribution >= 4 is 17.4 Å². The fourth-order valence-corrected chi connectivity index (χ4v) is 2.43. The number of nitrogens with one attached hydrogen (secondary N) is 1. The summed E-state index contributed by atoms with van der Waals surface area (Å²) in [7, 11) is 3.54. The minimum Gasteiger partial charge on any atom is -0.497 e. The summed E-state index contributed by atoms with van der Waals surface area (Å²) in [6, 6.07) is 14.4. The van der Waals surface area contributed by atoms with Gasteiger partial charge in [-0.15, -0.1) is 0 Å². The first-order valence-corrected chi connectivity index (χ1v) is 8.15. The number of hydrogen-bond donors (Lipinski definition) is 1. The number of ketones is 1.